The van der Waals surface area contributed by atoms with Gasteiger partial charge in [-0.15, -0.1) is 0 Å². The van der Waals surface area contributed by atoms with Crippen molar-refractivity contribution in [1.82, 2.24) is 10.2 Å². The predicted octanol–water partition coefficient (Wildman–Crippen LogP) is 2.27. The zero-order chi connectivity index (χ0) is 13.2. The van der Waals surface area contributed by atoms with E-state index >= 15 is 0 Å². The molecule has 3 rings (SSSR count). The maximum atomic E-state index is 12.8. The minimum atomic E-state index is -0.0111. The SMILES string of the molecule is CC1NCc2ccccc2C1C(=O)N1CCCCC1. The fourth-order valence-corrected chi connectivity index (χ4v) is 3.31. The molecule has 102 valence electrons. The van der Waals surface area contributed by atoms with Crippen molar-refractivity contribution in [2.45, 2.75) is 44.7 Å². The number of amides is 1. The summed E-state index contributed by atoms with van der Waals surface area (Å²) in [5.74, 6) is 0.301. The lowest BCUT2D eigenvalue weighted by molar-refractivity contribution is -0.134. The second-order valence-corrected chi connectivity index (χ2v) is 5.73. The number of hydrogen-bond acceptors (Lipinski definition) is 2. The predicted molar refractivity (Wildman–Crippen MR) is 75.9 cm³/mol. The molecule has 0 aromatic heterocycles. The van der Waals surface area contributed by atoms with Gasteiger partial charge in [-0.05, 0) is 37.3 Å². The fraction of sp³-hybridized carbons (Fsp3) is 0.562. The molecule has 2 aliphatic rings. The number of fused-ring (bicyclic) bond motifs is 1. The number of nitrogens with zero attached hydrogens (tertiary/aromatic N) is 1. The molecule has 1 aromatic rings. The van der Waals surface area contributed by atoms with Crippen LogP contribution in [0.3, 0.4) is 0 Å². The van der Waals surface area contributed by atoms with E-state index < -0.39 is 0 Å². The summed E-state index contributed by atoms with van der Waals surface area (Å²) in [7, 11) is 0. The highest BCUT2D eigenvalue weighted by molar-refractivity contribution is 5.85. The number of carbonyl (C=O) groups excluding carboxylic acids is 1. The van der Waals surface area contributed by atoms with Gasteiger partial charge in [0.25, 0.3) is 0 Å². The number of piperidine rings is 1. The Balaban J connectivity index is 1.88. The molecular formula is C16H22N2O. The van der Waals surface area contributed by atoms with Crippen LogP contribution in [0.2, 0.25) is 0 Å². The van der Waals surface area contributed by atoms with E-state index in [-0.39, 0.29) is 12.0 Å². The number of rotatable bonds is 1. The summed E-state index contributed by atoms with van der Waals surface area (Å²) in [5.41, 5.74) is 2.50. The first-order chi connectivity index (χ1) is 9.27. The number of hydrogen-bond donors (Lipinski definition) is 1. The van der Waals surface area contributed by atoms with Gasteiger partial charge in [-0.3, -0.25) is 4.79 Å². The van der Waals surface area contributed by atoms with Crippen LogP contribution in [0, 0.1) is 0 Å². The van der Waals surface area contributed by atoms with E-state index in [0.29, 0.717) is 5.91 Å². The summed E-state index contributed by atoms with van der Waals surface area (Å²) in [6.07, 6.45) is 3.57. The minimum absolute atomic E-state index is 0.0111. The summed E-state index contributed by atoms with van der Waals surface area (Å²) in [6.45, 7) is 4.87. The van der Waals surface area contributed by atoms with E-state index in [1.54, 1.807) is 0 Å². The number of benzene rings is 1. The lowest BCUT2D eigenvalue weighted by Crippen LogP contribution is -2.47. The Bertz CT molecular complexity index is 466. The molecule has 0 radical (unpaired) electrons. The van der Waals surface area contributed by atoms with Crippen LogP contribution in [0.15, 0.2) is 24.3 Å². The summed E-state index contributed by atoms with van der Waals surface area (Å²) in [6, 6.07) is 8.58. The summed E-state index contributed by atoms with van der Waals surface area (Å²) >= 11 is 0. The van der Waals surface area contributed by atoms with Gasteiger partial charge < -0.3 is 10.2 Å². The van der Waals surface area contributed by atoms with E-state index in [1.165, 1.54) is 17.5 Å². The number of carbonyl (C=O) groups is 1. The van der Waals surface area contributed by atoms with Crippen LogP contribution in [0.5, 0.6) is 0 Å². The molecule has 0 bridgehead atoms. The molecule has 1 amide bonds. The van der Waals surface area contributed by atoms with Crippen LogP contribution in [-0.4, -0.2) is 29.9 Å². The van der Waals surface area contributed by atoms with Crippen LogP contribution >= 0.6 is 0 Å². The molecule has 1 fully saturated rings. The highest BCUT2D eigenvalue weighted by atomic mass is 16.2. The monoisotopic (exact) mass is 258 g/mol. The average Bonchev–Trinajstić information content (AvgIpc) is 2.47. The zero-order valence-electron chi connectivity index (χ0n) is 11.6. The van der Waals surface area contributed by atoms with Crippen LogP contribution in [0.25, 0.3) is 0 Å². The smallest absolute Gasteiger partial charge is 0.231 e. The second-order valence-electron chi connectivity index (χ2n) is 5.73. The first kappa shape index (κ1) is 12.7. The van der Waals surface area contributed by atoms with Gasteiger partial charge in [0.05, 0.1) is 5.92 Å². The molecule has 19 heavy (non-hydrogen) atoms. The maximum Gasteiger partial charge on any atom is 0.231 e. The van der Waals surface area contributed by atoms with E-state index in [9.17, 15) is 4.79 Å². The summed E-state index contributed by atoms with van der Waals surface area (Å²) < 4.78 is 0. The molecule has 1 N–H and O–H groups in total. The molecule has 0 saturated carbocycles. The molecule has 1 aromatic carbocycles. The highest BCUT2D eigenvalue weighted by Crippen LogP contribution is 2.30. The molecule has 0 spiro atoms. The van der Waals surface area contributed by atoms with Crippen LogP contribution in [-0.2, 0) is 11.3 Å². The van der Waals surface area contributed by atoms with Crippen molar-refractivity contribution in [3.05, 3.63) is 35.4 Å². The average molecular weight is 258 g/mol. The Kier molecular flexibility index (Phi) is 3.56. The van der Waals surface area contributed by atoms with Crippen LogP contribution < -0.4 is 5.32 Å². The van der Waals surface area contributed by atoms with Gasteiger partial charge in [0.2, 0.25) is 5.91 Å². The van der Waals surface area contributed by atoms with E-state index in [4.69, 9.17) is 0 Å². The van der Waals surface area contributed by atoms with E-state index in [1.807, 2.05) is 6.07 Å². The molecule has 1 saturated heterocycles. The first-order valence-electron chi connectivity index (χ1n) is 7.37. The molecule has 3 heteroatoms. The normalized spacial score (nSPS) is 26.9. The van der Waals surface area contributed by atoms with Gasteiger partial charge in [-0.1, -0.05) is 24.3 Å². The Morgan fingerprint density at radius 2 is 1.95 bits per heavy atom. The van der Waals surface area contributed by atoms with Crippen LogP contribution in [0.1, 0.15) is 43.2 Å². The Hall–Kier alpha value is -1.35. The Morgan fingerprint density at radius 1 is 1.21 bits per heavy atom. The molecule has 3 nitrogen and oxygen atoms in total. The van der Waals surface area contributed by atoms with Gasteiger partial charge in [-0.2, -0.15) is 0 Å². The Morgan fingerprint density at radius 3 is 2.74 bits per heavy atom. The van der Waals surface area contributed by atoms with Crippen molar-refractivity contribution in [2.24, 2.45) is 0 Å². The quantitative estimate of drug-likeness (QED) is 0.838. The third-order valence-corrected chi connectivity index (χ3v) is 4.44. The molecule has 2 atom stereocenters. The van der Waals surface area contributed by atoms with Crippen molar-refractivity contribution >= 4 is 5.91 Å². The summed E-state index contributed by atoms with van der Waals surface area (Å²) in [4.78, 5) is 14.9. The third-order valence-electron chi connectivity index (χ3n) is 4.44. The summed E-state index contributed by atoms with van der Waals surface area (Å²) in [5, 5.41) is 3.46. The van der Waals surface area contributed by atoms with E-state index in [2.05, 4.69) is 35.3 Å². The maximum absolute atomic E-state index is 12.8. The van der Waals surface area contributed by atoms with Crippen molar-refractivity contribution in [1.29, 1.82) is 0 Å². The highest BCUT2D eigenvalue weighted by Gasteiger charge is 2.34. The molecule has 2 aliphatic heterocycles. The van der Waals surface area contributed by atoms with Crippen molar-refractivity contribution in [3.63, 3.8) is 0 Å². The standard InChI is InChI=1S/C16H22N2O/c1-12-15(16(19)18-9-5-2-6-10-18)14-8-4-3-7-13(14)11-17-12/h3-4,7-8,12,15,17H,2,5-6,9-11H2,1H3. The molecule has 0 aliphatic carbocycles. The minimum Gasteiger partial charge on any atom is -0.342 e. The molecular weight excluding hydrogens is 236 g/mol. The van der Waals surface area contributed by atoms with Gasteiger partial charge in [0, 0.05) is 25.7 Å². The zero-order valence-corrected chi connectivity index (χ0v) is 11.6. The lowest BCUT2D eigenvalue weighted by atomic mass is 9.84. The largest absolute Gasteiger partial charge is 0.342 e. The Labute approximate surface area is 115 Å². The van der Waals surface area contributed by atoms with Gasteiger partial charge in [0.15, 0.2) is 0 Å². The molecule has 2 heterocycles. The van der Waals surface area contributed by atoms with Crippen molar-refractivity contribution in [2.75, 3.05) is 13.1 Å². The van der Waals surface area contributed by atoms with Crippen molar-refractivity contribution in [3.8, 4) is 0 Å². The fourth-order valence-electron chi connectivity index (χ4n) is 3.31. The lowest BCUT2D eigenvalue weighted by Gasteiger charge is -2.36. The topological polar surface area (TPSA) is 32.3 Å². The van der Waals surface area contributed by atoms with E-state index in [0.717, 1.165) is 32.5 Å². The second kappa shape index (κ2) is 5.33. The van der Waals surface area contributed by atoms with Gasteiger partial charge in [0.1, 0.15) is 0 Å². The van der Waals surface area contributed by atoms with Crippen molar-refractivity contribution < 1.29 is 4.79 Å². The number of nitrogens with one attached hydrogen (secondary N) is 1. The van der Waals surface area contributed by atoms with Crippen LogP contribution in [0.4, 0.5) is 0 Å². The van der Waals surface area contributed by atoms with Gasteiger partial charge >= 0.3 is 0 Å². The number of likely N-dealkylation sites (tertiary alicyclic amines) is 1. The molecule has 2 unspecified atom stereocenters. The third kappa shape index (κ3) is 2.39. The first-order valence-corrected chi connectivity index (χ1v) is 7.37. The van der Waals surface area contributed by atoms with Gasteiger partial charge in [-0.25, -0.2) is 0 Å².